The maximum absolute atomic E-state index is 12.4. The Bertz CT molecular complexity index is 690. The van der Waals surface area contributed by atoms with E-state index in [0.717, 1.165) is 5.56 Å². The van der Waals surface area contributed by atoms with E-state index in [1.54, 1.807) is 37.4 Å². The molecule has 1 aliphatic heterocycles. The SMILES string of the molecule is CN(C(=O)c1ccc(Cl)cc1)c1ccc2c(c1)B(O)OC2. The Morgan fingerprint density at radius 1 is 1.29 bits per heavy atom. The van der Waals surface area contributed by atoms with Crippen molar-refractivity contribution in [3.63, 3.8) is 0 Å². The Hall–Kier alpha value is -1.82. The summed E-state index contributed by atoms with van der Waals surface area (Å²) in [7, 11) is 0.778. The topological polar surface area (TPSA) is 49.8 Å². The van der Waals surface area contributed by atoms with Gasteiger partial charge >= 0.3 is 7.12 Å². The zero-order chi connectivity index (χ0) is 15.0. The van der Waals surface area contributed by atoms with Crippen molar-refractivity contribution in [2.45, 2.75) is 6.61 Å². The normalized spacial score (nSPS) is 13.2. The van der Waals surface area contributed by atoms with E-state index in [-0.39, 0.29) is 5.91 Å². The Morgan fingerprint density at radius 2 is 2.00 bits per heavy atom. The Morgan fingerprint density at radius 3 is 2.71 bits per heavy atom. The number of anilines is 1. The predicted octanol–water partition coefficient (Wildman–Crippen LogP) is 1.83. The number of rotatable bonds is 2. The standard InChI is InChI=1S/C15H13BClNO3/c1-18(15(19)10-2-5-12(17)6-3-10)13-7-4-11-9-21-16(20)14(11)8-13/h2-8,20H,9H2,1H3. The van der Waals surface area contributed by atoms with Gasteiger partial charge in [-0.2, -0.15) is 0 Å². The molecule has 0 saturated carbocycles. The number of carbonyl (C=O) groups excluding carboxylic acids is 1. The summed E-state index contributed by atoms with van der Waals surface area (Å²) in [4.78, 5) is 14.0. The van der Waals surface area contributed by atoms with Gasteiger partial charge in [0.2, 0.25) is 0 Å². The number of benzene rings is 2. The zero-order valence-corrected chi connectivity index (χ0v) is 12.2. The van der Waals surface area contributed by atoms with Crippen molar-refractivity contribution in [1.29, 1.82) is 0 Å². The molecule has 6 heteroatoms. The number of carbonyl (C=O) groups is 1. The Balaban J connectivity index is 1.88. The van der Waals surface area contributed by atoms with Crippen molar-refractivity contribution in [1.82, 2.24) is 0 Å². The molecule has 106 valence electrons. The minimum atomic E-state index is -0.918. The quantitative estimate of drug-likeness (QED) is 0.861. The number of fused-ring (bicyclic) bond motifs is 1. The van der Waals surface area contributed by atoms with Crippen LogP contribution in [0.25, 0.3) is 0 Å². The van der Waals surface area contributed by atoms with Gasteiger partial charge in [0.05, 0.1) is 6.61 Å². The Kier molecular flexibility index (Phi) is 3.72. The van der Waals surface area contributed by atoms with Gasteiger partial charge < -0.3 is 14.6 Å². The van der Waals surface area contributed by atoms with Crippen LogP contribution in [-0.2, 0) is 11.3 Å². The van der Waals surface area contributed by atoms with Gasteiger partial charge in [-0.1, -0.05) is 17.7 Å². The van der Waals surface area contributed by atoms with Crippen molar-refractivity contribution < 1.29 is 14.5 Å². The molecule has 0 fully saturated rings. The van der Waals surface area contributed by atoms with Gasteiger partial charge in [0.1, 0.15) is 0 Å². The van der Waals surface area contributed by atoms with Crippen LogP contribution in [0.3, 0.4) is 0 Å². The van der Waals surface area contributed by atoms with Crippen molar-refractivity contribution in [2.24, 2.45) is 0 Å². The van der Waals surface area contributed by atoms with Crippen LogP contribution in [0, 0.1) is 0 Å². The maximum Gasteiger partial charge on any atom is 0.491 e. The molecular weight excluding hydrogens is 288 g/mol. The van der Waals surface area contributed by atoms with Gasteiger partial charge in [-0.15, -0.1) is 0 Å². The molecule has 21 heavy (non-hydrogen) atoms. The van der Waals surface area contributed by atoms with Crippen LogP contribution < -0.4 is 10.4 Å². The first-order valence-corrected chi connectivity index (χ1v) is 6.90. The van der Waals surface area contributed by atoms with Crippen LogP contribution in [0.4, 0.5) is 5.69 Å². The summed E-state index contributed by atoms with van der Waals surface area (Å²) in [5, 5.41) is 10.3. The van der Waals surface area contributed by atoms with E-state index in [0.29, 0.717) is 28.3 Å². The van der Waals surface area contributed by atoms with Crippen LogP contribution in [0.1, 0.15) is 15.9 Å². The van der Waals surface area contributed by atoms with Crippen molar-refractivity contribution in [3.05, 3.63) is 58.6 Å². The summed E-state index contributed by atoms with van der Waals surface area (Å²) in [6.45, 7) is 0.394. The molecule has 1 aliphatic rings. The van der Waals surface area contributed by atoms with Gasteiger partial charge in [0.25, 0.3) is 5.91 Å². The Labute approximate surface area is 128 Å². The highest BCUT2D eigenvalue weighted by molar-refractivity contribution is 6.61. The fourth-order valence-electron chi connectivity index (χ4n) is 2.31. The van der Waals surface area contributed by atoms with E-state index < -0.39 is 7.12 Å². The average molecular weight is 302 g/mol. The highest BCUT2D eigenvalue weighted by Gasteiger charge is 2.28. The number of halogens is 1. The fourth-order valence-corrected chi connectivity index (χ4v) is 2.44. The molecule has 3 rings (SSSR count). The summed E-state index contributed by atoms with van der Waals surface area (Å²) in [6.07, 6.45) is 0. The molecule has 2 aromatic rings. The molecule has 0 bridgehead atoms. The number of amides is 1. The second-order valence-electron chi connectivity index (χ2n) is 4.92. The lowest BCUT2D eigenvalue weighted by Gasteiger charge is -2.18. The van der Waals surface area contributed by atoms with E-state index in [2.05, 4.69) is 0 Å². The molecule has 0 radical (unpaired) electrons. The van der Waals surface area contributed by atoms with E-state index in [1.807, 2.05) is 12.1 Å². The minimum absolute atomic E-state index is 0.139. The van der Waals surface area contributed by atoms with Gasteiger partial charge in [-0.3, -0.25) is 4.79 Å². The van der Waals surface area contributed by atoms with E-state index >= 15 is 0 Å². The van der Waals surface area contributed by atoms with Gasteiger partial charge in [0, 0.05) is 23.3 Å². The number of hydrogen-bond acceptors (Lipinski definition) is 3. The largest absolute Gasteiger partial charge is 0.491 e. The first-order valence-electron chi connectivity index (χ1n) is 6.52. The summed E-state index contributed by atoms with van der Waals surface area (Å²) in [6, 6.07) is 12.2. The fraction of sp³-hybridized carbons (Fsp3) is 0.133. The lowest BCUT2D eigenvalue weighted by Crippen LogP contribution is -2.31. The molecular formula is C15H13BClNO3. The summed E-state index contributed by atoms with van der Waals surface area (Å²) >= 11 is 5.83. The third kappa shape index (κ3) is 2.68. The zero-order valence-electron chi connectivity index (χ0n) is 11.4. The molecule has 0 spiro atoms. The molecule has 4 nitrogen and oxygen atoms in total. The monoisotopic (exact) mass is 301 g/mol. The lowest BCUT2D eigenvalue weighted by atomic mass is 9.79. The third-order valence-corrected chi connectivity index (χ3v) is 3.83. The van der Waals surface area contributed by atoms with Crippen LogP contribution in [-0.4, -0.2) is 25.1 Å². The lowest BCUT2D eigenvalue weighted by molar-refractivity contribution is 0.0993. The second-order valence-corrected chi connectivity index (χ2v) is 5.35. The van der Waals surface area contributed by atoms with Crippen molar-refractivity contribution in [2.75, 3.05) is 11.9 Å². The molecule has 2 aromatic carbocycles. The highest BCUT2D eigenvalue weighted by atomic mass is 35.5. The van der Waals surface area contributed by atoms with Gasteiger partial charge in [0.15, 0.2) is 0 Å². The summed E-state index contributed by atoms with van der Waals surface area (Å²) in [5.74, 6) is -0.139. The predicted molar refractivity (Wildman–Crippen MR) is 83.0 cm³/mol. The second kappa shape index (κ2) is 5.52. The first kappa shape index (κ1) is 14.1. The number of nitrogens with zero attached hydrogens (tertiary/aromatic N) is 1. The molecule has 0 aromatic heterocycles. The van der Waals surface area contributed by atoms with Crippen LogP contribution in [0.5, 0.6) is 0 Å². The number of hydrogen-bond donors (Lipinski definition) is 1. The molecule has 0 atom stereocenters. The van der Waals surface area contributed by atoms with Crippen LogP contribution in [0.2, 0.25) is 5.02 Å². The van der Waals surface area contributed by atoms with E-state index in [9.17, 15) is 9.82 Å². The van der Waals surface area contributed by atoms with Crippen LogP contribution in [0.15, 0.2) is 42.5 Å². The first-order chi connectivity index (χ1) is 10.1. The van der Waals surface area contributed by atoms with E-state index in [4.69, 9.17) is 16.3 Å². The maximum atomic E-state index is 12.4. The molecule has 0 aliphatic carbocycles. The minimum Gasteiger partial charge on any atom is -0.423 e. The molecule has 1 amide bonds. The average Bonchev–Trinajstić information content (AvgIpc) is 2.87. The highest BCUT2D eigenvalue weighted by Crippen LogP contribution is 2.19. The molecule has 1 N–H and O–H groups in total. The third-order valence-electron chi connectivity index (χ3n) is 3.58. The van der Waals surface area contributed by atoms with Gasteiger partial charge in [-0.05, 0) is 47.4 Å². The van der Waals surface area contributed by atoms with Gasteiger partial charge in [-0.25, -0.2) is 0 Å². The molecule has 1 heterocycles. The van der Waals surface area contributed by atoms with Crippen molar-refractivity contribution >= 4 is 35.8 Å². The summed E-state index contributed by atoms with van der Waals surface area (Å²) < 4.78 is 5.15. The smallest absolute Gasteiger partial charge is 0.423 e. The molecule has 0 saturated heterocycles. The molecule has 0 unspecified atom stereocenters. The summed E-state index contributed by atoms with van der Waals surface area (Å²) in [5.41, 5.74) is 2.92. The van der Waals surface area contributed by atoms with Crippen LogP contribution >= 0.6 is 11.6 Å². The van der Waals surface area contributed by atoms with E-state index in [1.165, 1.54) is 4.90 Å². The van der Waals surface area contributed by atoms with Crippen molar-refractivity contribution in [3.8, 4) is 0 Å².